The number of nitrogens with one attached hydrogen (secondary N) is 1. The van der Waals surface area contributed by atoms with Crippen molar-refractivity contribution >= 4 is 0 Å². The van der Waals surface area contributed by atoms with Crippen LogP contribution in [-0.4, -0.2) is 18.2 Å². The van der Waals surface area contributed by atoms with Gasteiger partial charge >= 0.3 is 0 Å². The topological polar surface area (TPSA) is 21.3 Å². The van der Waals surface area contributed by atoms with Gasteiger partial charge in [-0.1, -0.05) is 32.0 Å². The van der Waals surface area contributed by atoms with Crippen LogP contribution in [0.3, 0.4) is 0 Å². The zero-order chi connectivity index (χ0) is 15.5. The van der Waals surface area contributed by atoms with Gasteiger partial charge in [0.1, 0.15) is 11.9 Å². The highest BCUT2D eigenvalue weighted by atomic mass is 16.5. The van der Waals surface area contributed by atoms with Crippen molar-refractivity contribution in [3.05, 3.63) is 29.8 Å². The Kier molecular flexibility index (Phi) is 4.98. The smallest absolute Gasteiger partial charge is 0.123 e. The summed E-state index contributed by atoms with van der Waals surface area (Å²) in [5, 5.41) is 3.70. The Morgan fingerprint density at radius 1 is 1.14 bits per heavy atom. The lowest BCUT2D eigenvalue weighted by molar-refractivity contribution is 0.115. The first-order valence-corrected chi connectivity index (χ1v) is 8.37. The fourth-order valence-corrected chi connectivity index (χ4v) is 3.16. The molecule has 2 rings (SSSR count). The minimum absolute atomic E-state index is 0.176. The normalized spacial score (nSPS) is 18.4. The molecule has 1 aliphatic rings. The second kappa shape index (κ2) is 6.39. The summed E-state index contributed by atoms with van der Waals surface area (Å²) in [7, 11) is 0. The molecule has 0 spiro atoms. The molecule has 0 bridgehead atoms. The standard InChI is InChI=1S/C19H31NO/c1-6-19(7-2,14-20-18(3,4)5)13-16-12-15-10-8-9-11-17(15)21-16/h8-11,16,20H,6-7,12-14H2,1-5H3. The summed E-state index contributed by atoms with van der Waals surface area (Å²) in [5.41, 5.74) is 1.88. The van der Waals surface area contributed by atoms with E-state index in [0.717, 1.165) is 25.1 Å². The van der Waals surface area contributed by atoms with E-state index in [2.05, 4.69) is 64.2 Å². The van der Waals surface area contributed by atoms with Gasteiger partial charge < -0.3 is 10.1 Å². The molecule has 0 amide bonds. The number of fused-ring (bicyclic) bond motifs is 1. The molecule has 21 heavy (non-hydrogen) atoms. The number of benzene rings is 1. The Bertz CT molecular complexity index is 432. The van der Waals surface area contributed by atoms with Crippen molar-refractivity contribution in [1.82, 2.24) is 5.32 Å². The number of hydrogen-bond donors (Lipinski definition) is 1. The molecule has 1 heterocycles. The van der Waals surface area contributed by atoms with E-state index in [4.69, 9.17) is 4.74 Å². The molecule has 0 aliphatic carbocycles. The molecule has 1 aromatic rings. The fourth-order valence-electron chi connectivity index (χ4n) is 3.16. The highest BCUT2D eigenvalue weighted by Crippen LogP contribution is 2.38. The Hall–Kier alpha value is -1.02. The molecule has 0 radical (unpaired) electrons. The Balaban J connectivity index is 2.01. The van der Waals surface area contributed by atoms with Gasteiger partial charge in [-0.15, -0.1) is 0 Å². The number of hydrogen-bond acceptors (Lipinski definition) is 2. The second-order valence-electron chi connectivity index (χ2n) is 7.57. The zero-order valence-electron chi connectivity index (χ0n) is 14.3. The van der Waals surface area contributed by atoms with Crippen molar-refractivity contribution in [2.75, 3.05) is 6.54 Å². The number of para-hydroxylation sites is 1. The number of rotatable bonds is 6. The van der Waals surface area contributed by atoms with E-state index in [1.165, 1.54) is 18.4 Å². The van der Waals surface area contributed by atoms with Gasteiger partial charge in [0, 0.05) is 18.5 Å². The average molecular weight is 289 g/mol. The van der Waals surface area contributed by atoms with Gasteiger partial charge in [0.05, 0.1) is 0 Å². The fraction of sp³-hybridized carbons (Fsp3) is 0.684. The van der Waals surface area contributed by atoms with Gasteiger partial charge in [0.2, 0.25) is 0 Å². The van der Waals surface area contributed by atoms with E-state index in [9.17, 15) is 0 Å². The summed E-state index contributed by atoms with van der Waals surface area (Å²) in [4.78, 5) is 0. The maximum atomic E-state index is 6.17. The van der Waals surface area contributed by atoms with Gasteiger partial charge in [-0.25, -0.2) is 0 Å². The third-order valence-electron chi connectivity index (χ3n) is 4.87. The van der Waals surface area contributed by atoms with E-state index in [-0.39, 0.29) is 5.54 Å². The van der Waals surface area contributed by atoms with Crippen LogP contribution in [-0.2, 0) is 6.42 Å². The lowest BCUT2D eigenvalue weighted by Crippen LogP contribution is -2.45. The Morgan fingerprint density at radius 2 is 1.81 bits per heavy atom. The quantitative estimate of drug-likeness (QED) is 0.828. The minimum Gasteiger partial charge on any atom is -0.490 e. The van der Waals surface area contributed by atoms with E-state index < -0.39 is 0 Å². The summed E-state index contributed by atoms with van der Waals surface area (Å²) < 4.78 is 6.17. The van der Waals surface area contributed by atoms with E-state index in [1.54, 1.807) is 0 Å². The molecule has 1 aromatic carbocycles. The van der Waals surface area contributed by atoms with Crippen molar-refractivity contribution < 1.29 is 4.74 Å². The summed E-state index contributed by atoms with van der Waals surface area (Å²) in [6.07, 6.45) is 4.93. The van der Waals surface area contributed by atoms with Crippen molar-refractivity contribution in [2.45, 2.75) is 71.9 Å². The first-order valence-electron chi connectivity index (χ1n) is 8.37. The molecular weight excluding hydrogens is 258 g/mol. The van der Waals surface area contributed by atoms with Gasteiger partial charge in [-0.05, 0) is 57.1 Å². The van der Waals surface area contributed by atoms with E-state index in [1.807, 2.05) is 0 Å². The average Bonchev–Trinajstić information content (AvgIpc) is 2.84. The summed E-state index contributed by atoms with van der Waals surface area (Å²) in [5.74, 6) is 1.09. The Labute approximate surface area is 130 Å². The lowest BCUT2D eigenvalue weighted by atomic mass is 9.76. The van der Waals surface area contributed by atoms with Crippen LogP contribution in [0.4, 0.5) is 0 Å². The van der Waals surface area contributed by atoms with Crippen LogP contribution in [0, 0.1) is 5.41 Å². The van der Waals surface area contributed by atoms with Crippen molar-refractivity contribution in [2.24, 2.45) is 5.41 Å². The van der Waals surface area contributed by atoms with Gasteiger partial charge in [0.15, 0.2) is 0 Å². The maximum Gasteiger partial charge on any atom is 0.123 e. The Morgan fingerprint density at radius 3 is 2.38 bits per heavy atom. The van der Waals surface area contributed by atoms with Gasteiger partial charge in [0.25, 0.3) is 0 Å². The zero-order valence-corrected chi connectivity index (χ0v) is 14.3. The molecule has 0 saturated carbocycles. The number of ether oxygens (including phenoxy) is 1. The maximum absolute atomic E-state index is 6.17. The van der Waals surface area contributed by atoms with Crippen LogP contribution in [0.2, 0.25) is 0 Å². The third-order valence-corrected chi connectivity index (χ3v) is 4.87. The predicted octanol–water partition coefficient (Wildman–Crippen LogP) is 4.57. The largest absolute Gasteiger partial charge is 0.490 e. The SMILES string of the molecule is CCC(CC)(CNC(C)(C)C)CC1Cc2ccccc2O1. The van der Waals surface area contributed by atoms with E-state index >= 15 is 0 Å². The summed E-state index contributed by atoms with van der Waals surface area (Å²) in [6.45, 7) is 12.4. The minimum atomic E-state index is 0.176. The van der Waals surface area contributed by atoms with Crippen LogP contribution >= 0.6 is 0 Å². The summed E-state index contributed by atoms with van der Waals surface area (Å²) in [6, 6.07) is 8.47. The molecule has 2 nitrogen and oxygen atoms in total. The molecule has 0 saturated heterocycles. The van der Waals surface area contributed by atoms with Crippen molar-refractivity contribution in [3.63, 3.8) is 0 Å². The van der Waals surface area contributed by atoms with Gasteiger partial charge in [-0.2, -0.15) is 0 Å². The van der Waals surface area contributed by atoms with E-state index in [0.29, 0.717) is 11.5 Å². The first-order chi connectivity index (χ1) is 9.87. The van der Waals surface area contributed by atoms with Crippen molar-refractivity contribution in [1.29, 1.82) is 0 Å². The second-order valence-corrected chi connectivity index (χ2v) is 7.57. The first kappa shape index (κ1) is 16.4. The lowest BCUT2D eigenvalue weighted by Gasteiger charge is -2.37. The third kappa shape index (κ3) is 4.23. The monoisotopic (exact) mass is 289 g/mol. The van der Waals surface area contributed by atoms with Crippen LogP contribution in [0.1, 0.15) is 59.4 Å². The molecular formula is C19H31NO. The molecule has 1 aliphatic heterocycles. The predicted molar refractivity (Wildman–Crippen MR) is 89.9 cm³/mol. The highest BCUT2D eigenvalue weighted by molar-refractivity contribution is 5.37. The van der Waals surface area contributed by atoms with Crippen LogP contribution in [0.15, 0.2) is 24.3 Å². The molecule has 1 atom stereocenters. The summed E-state index contributed by atoms with van der Waals surface area (Å²) >= 11 is 0. The molecule has 1 unspecified atom stereocenters. The molecule has 1 N–H and O–H groups in total. The molecule has 0 aromatic heterocycles. The molecule has 118 valence electrons. The molecule has 2 heteroatoms. The van der Waals surface area contributed by atoms with Crippen LogP contribution in [0.25, 0.3) is 0 Å². The van der Waals surface area contributed by atoms with Crippen LogP contribution in [0.5, 0.6) is 5.75 Å². The van der Waals surface area contributed by atoms with Gasteiger partial charge in [-0.3, -0.25) is 0 Å². The molecule has 0 fully saturated rings. The highest BCUT2D eigenvalue weighted by Gasteiger charge is 2.34. The van der Waals surface area contributed by atoms with Crippen LogP contribution < -0.4 is 10.1 Å². The van der Waals surface area contributed by atoms with Crippen molar-refractivity contribution in [3.8, 4) is 5.75 Å².